The van der Waals surface area contributed by atoms with E-state index >= 15 is 0 Å². The summed E-state index contributed by atoms with van der Waals surface area (Å²) in [6.45, 7) is 3.83. The molecule has 0 aliphatic rings. The summed E-state index contributed by atoms with van der Waals surface area (Å²) in [5.41, 5.74) is 2.94. The van der Waals surface area contributed by atoms with Gasteiger partial charge in [-0.15, -0.1) is 24.0 Å². The van der Waals surface area contributed by atoms with Crippen molar-refractivity contribution < 1.29 is 9.53 Å². The van der Waals surface area contributed by atoms with Gasteiger partial charge in [-0.2, -0.15) is 0 Å². The predicted molar refractivity (Wildman–Crippen MR) is 130 cm³/mol. The third-order valence-electron chi connectivity index (χ3n) is 4.16. The van der Waals surface area contributed by atoms with E-state index in [2.05, 4.69) is 33.9 Å². The van der Waals surface area contributed by atoms with Gasteiger partial charge in [0.1, 0.15) is 5.75 Å². The van der Waals surface area contributed by atoms with Crippen molar-refractivity contribution in [1.29, 1.82) is 0 Å². The molecule has 2 rings (SSSR count). The van der Waals surface area contributed by atoms with Crippen molar-refractivity contribution in [1.82, 2.24) is 16.0 Å². The van der Waals surface area contributed by atoms with E-state index in [1.807, 2.05) is 12.1 Å². The minimum atomic E-state index is -0.132. The van der Waals surface area contributed by atoms with E-state index in [-0.39, 0.29) is 29.9 Å². The molecule has 1 amide bonds. The van der Waals surface area contributed by atoms with Crippen molar-refractivity contribution in [3.8, 4) is 5.75 Å². The van der Waals surface area contributed by atoms with Gasteiger partial charge in [0.25, 0.3) is 5.91 Å². The van der Waals surface area contributed by atoms with Crippen molar-refractivity contribution in [3.63, 3.8) is 0 Å². The second kappa shape index (κ2) is 13.3. The van der Waals surface area contributed by atoms with E-state index in [4.69, 9.17) is 16.3 Å². The van der Waals surface area contributed by atoms with Crippen molar-refractivity contribution in [2.45, 2.75) is 13.3 Å². The molecule has 6 nitrogen and oxygen atoms in total. The number of hydrogen-bond donors (Lipinski definition) is 3. The standard InChI is InChI=1S/C21H27ClN4O2.HI/c1-15-4-9-19(28-3)17(14-15)10-11-25-21(23-2)26-13-12-24-20(27)16-5-7-18(22)8-6-16;/h4-9,14H,10-13H2,1-3H3,(H,24,27)(H2,23,25,26);1H. The van der Waals surface area contributed by atoms with Crippen LogP contribution in [-0.2, 0) is 6.42 Å². The molecule has 2 aromatic rings. The summed E-state index contributed by atoms with van der Waals surface area (Å²) in [7, 11) is 3.40. The fourth-order valence-corrected chi connectivity index (χ4v) is 2.83. The Labute approximate surface area is 194 Å². The molecule has 2 aromatic carbocycles. The minimum absolute atomic E-state index is 0. The maximum absolute atomic E-state index is 12.0. The number of guanidine groups is 1. The molecular formula is C21H28ClIN4O2. The highest BCUT2D eigenvalue weighted by Crippen LogP contribution is 2.19. The lowest BCUT2D eigenvalue weighted by Crippen LogP contribution is -2.42. The van der Waals surface area contributed by atoms with Gasteiger partial charge in [-0.1, -0.05) is 29.3 Å². The average molecular weight is 531 g/mol. The maximum Gasteiger partial charge on any atom is 0.251 e. The van der Waals surface area contributed by atoms with Crippen LogP contribution in [0.25, 0.3) is 0 Å². The first-order valence-electron chi connectivity index (χ1n) is 9.15. The molecule has 0 unspecified atom stereocenters. The number of amides is 1. The summed E-state index contributed by atoms with van der Waals surface area (Å²) < 4.78 is 5.41. The number of hydrogen-bond acceptors (Lipinski definition) is 3. The number of methoxy groups -OCH3 is 1. The third-order valence-corrected chi connectivity index (χ3v) is 4.41. The highest BCUT2D eigenvalue weighted by Gasteiger charge is 2.06. The predicted octanol–water partition coefficient (Wildman–Crippen LogP) is 3.41. The van der Waals surface area contributed by atoms with Gasteiger partial charge in [0.2, 0.25) is 0 Å². The summed E-state index contributed by atoms with van der Waals surface area (Å²) in [5.74, 6) is 1.44. The smallest absolute Gasteiger partial charge is 0.251 e. The van der Waals surface area contributed by atoms with E-state index in [9.17, 15) is 4.79 Å². The number of benzene rings is 2. The van der Waals surface area contributed by atoms with Crippen LogP contribution < -0.4 is 20.7 Å². The zero-order chi connectivity index (χ0) is 20.4. The zero-order valence-electron chi connectivity index (χ0n) is 16.9. The number of aryl methyl sites for hydroxylation is 1. The van der Waals surface area contributed by atoms with E-state index in [0.29, 0.717) is 29.6 Å². The molecule has 3 N–H and O–H groups in total. The Bertz CT molecular complexity index is 813. The molecule has 0 aromatic heterocycles. The normalized spacial score (nSPS) is 10.7. The second-order valence-corrected chi connectivity index (χ2v) is 6.69. The molecule has 0 bridgehead atoms. The highest BCUT2D eigenvalue weighted by molar-refractivity contribution is 14.0. The number of ether oxygens (including phenoxy) is 1. The van der Waals surface area contributed by atoms with Crippen molar-refractivity contribution in [3.05, 3.63) is 64.2 Å². The summed E-state index contributed by atoms with van der Waals surface area (Å²) in [5, 5.41) is 9.92. The third kappa shape index (κ3) is 8.49. The van der Waals surface area contributed by atoms with E-state index in [0.717, 1.165) is 24.3 Å². The Morgan fingerprint density at radius 3 is 2.34 bits per heavy atom. The number of rotatable bonds is 8. The molecule has 0 heterocycles. The fourth-order valence-electron chi connectivity index (χ4n) is 2.70. The first kappa shape index (κ1) is 25.0. The van der Waals surface area contributed by atoms with Crippen LogP contribution in [0.5, 0.6) is 5.75 Å². The summed E-state index contributed by atoms with van der Waals surface area (Å²) in [6, 6.07) is 12.9. The number of nitrogens with zero attached hydrogens (tertiary/aromatic N) is 1. The molecule has 0 saturated heterocycles. The second-order valence-electron chi connectivity index (χ2n) is 6.25. The first-order valence-corrected chi connectivity index (χ1v) is 9.53. The molecule has 0 radical (unpaired) electrons. The highest BCUT2D eigenvalue weighted by atomic mass is 127. The Morgan fingerprint density at radius 2 is 1.69 bits per heavy atom. The number of nitrogens with one attached hydrogen (secondary N) is 3. The topological polar surface area (TPSA) is 74.8 Å². The minimum Gasteiger partial charge on any atom is -0.496 e. The van der Waals surface area contributed by atoms with Gasteiger partial charge in [0, 0.05) is 37.3 Å². The van der Waals surface area contributed by atoms with Gasteiger partial charge in [-0.05, 0) is 49.2 Å². The lowest BCUT2D eigenvalue weighted by atomic mass is 10.1. The molecule has 0 atom stereocenters. The molecule has 0 spiro atoms. The molecule has 0 fully saturated rings. The molecule has 0 aliphatic heterocycles. The van der Waals surface area contributed by atoms with Gasteiger partial charge in [-0.25, -0.2) is 0 Å². The molecule has 158 valence electrons. The van der Waals surface area contributed by atoms with E-state index in [1.165, 1.54) is 5.56 Å². The number of halogens is 2. The van der Waals surface area contributed by atoms with Crippen LogP contribution in [-0.4, -0.2) is 45.7 Å². The van der Waals surface area contributed by atoms with Crippen LogP contribution in [0.2, 0.25) is 5.02 Å². The molecule has 0 saturated carbocycles. The Morgan fingerprint density at radius 1 is 1.03 bits per heavy atom. The molecule has 0 aliphatic carbocycles. The number of aliphatic imine (C=N–C) groups is 1. The van der Waals surface area contributed by atoms with E-state index in [1.54, 1.807) is 38.4 Å². The van der Waals surface area contributed by atoms with Crippen LogP contribution >= 0.6 is 35.6 Å². The summed E-state index contributed by atoms with van der Waals surface area (Å²) in [6.07, 6.45) is 0.818. The number of carbonyl (C=O) groups excluding carboxylic acids is 1. The number of carbonyl (C=O) groups is 1. The van der Waals surface area contributed by atoms with E-state index < -0.39 is 0 Å². The fraction of sp³-hybridized carbons (Fsp3) is 0.333. The summed E-state index contributed by atoms with van der Waals surface area (Å²) >= 11 is 5.83. The van der Waals surface area contributed by atoms with Crippen LogP contribution in [0.15, 0.2) is 47.5 Å². The average Bonchev–Trinajstić information content (AvgIpc) is 2.70. The van der Waals surface area contributed by atoms with Crippen molar-refractivity contribution in [2.24, 2.45) is 4.99 Å². The van der Waals surface area contributed by atoms with Crippen LogP contribution in [0.1, 0.15) is 21.5 Å². The van der Waals surface area contributed by atoms with Crippen LogP contribution in [0, 0.1) is 6.92 Å². The van der Waals surface area contributed by atoms with Crippen LogP contribution in [0.3, 0.4) is 0 Å². The van der Waals surface area contributed by atoms with Gasteiger partial charge in [0.15, 0.2) is 5.96 Å². The molecule has 8 heteroatoms. The van der Waals surface area contributed by atoms with Gasteiger partial charge in [0.05, 0.1) is 7.11 Å². The lowest BCUT2D eigenvalue weighted by molar-refractivity contribution is 0.0954. The van der Waals surface area contributed by atoms with Crippen LogP contribution in [0.4, 0.5) is 0 Å². The Balaban J connectivity index is 0.00000420. The Hall–Kier alpha value is -2.00. The van der Waals surface area contributed by atoms with Gasteiger partial charge < -0.3 is 20.7 Å². The molecular weight excluding hydrogens is 503 g/mol. The van der Waals surface area contributed by atoms with Crippen molar-refractivity contribution >= 4 is 47.4 Å². The SMILES string of the molecule is CN=C(NCCNC(=O)c1ccc(Cl)cc1)NCCc1cc(C)ccc1OC.I. The van der Waals surface area contributed by atoms with Gasteiger partial charge >= 0.3 is 0 Å². The Kier molecular flexibility index (Phi) is 11.5. The largest absolute Gasteiger partial charge is 0.496 e. The summed E-state index contributed by atoms with van der Waals surface area (Å²) in [4.78, 5) is 16.2. The zero-order valence-corrected chi connectivity index (χ0v) is 20.0. The van der Waals surface area contributed by atoms with Gasteiger partial charge in [-0.3, -0.25) is 9.79 Å². The molecule has 29 heavy (non-hydrogen) atoms. The first-order chi connectivity index (χ1) is 13.5. The quantitative estimate of drug-likeness (QED) is 0.212. The maximum atomic E-state index is 12.0. The monoisotopic (exact) mass is 530 g/mol. The van der Waals surface area contributed by atoms with Crippen molar-refractivity contribution in [2.75, 3.05) is 33.8 Å². The lowest BCUT2D eigenvalue weighted by Gasteiger charge is -2.14.